The van der Waals surface area contributed by atoms with Gasteiger partial charge >= 0.3 is 0 Å². The lowest BCUT2D eigenvalue weighted by Gasteiger charge is -2.32. The monoisotopic (exact) mass is 316 g/mol. The number of piperazine rings is 1. The highest BCUT2D eigenvalue weighted by molar-refractivity contribution is 9.10. The number of benzene rings is 1. The van der Waals surface area contributed by atoms with Gasteiger partial charge in [0.15, 0.2) is 0 Å². The van der Waals surface area contributed by atoms with Crippen molar-refractivity contribution in [3.8, 4) is 0 Å². The first kappa shape index (κ1) is 12.9. The molecule has 1 atom stereocenters. The number of carbonyl (C=O) groups is 1. The summed E-state index contributed by atoms with van der Waals surface area (Å²) in [5.74, 6) is 0.0875. The van der Waals surface area contributed by atoms with Gasteiger partial charge < -0.3 is 5.32 Å². The summed E-state index contributed by atoms with van der Waals surface area (Å²) >= 11 is 9.56. The molecule has 2 rings (SSSR count). The van der Waals surface area contributed by atoms with Crippen molar-refractivity contribution < 1.29 is 4.79 Å². The molecule has 0 spiro atoms. The van der Waals surface area contributed by atoms with Crippen LogP contribution in [0.4, 0.5) is 0 Å². The molecule has 3 nitrogen and oxygen atoms in total. The summed E-state index contributed by atoms with van der Waals surface area (Å²) in [7, 11) is 0. The van der Waals surface area contributed by atoms with Gasteiger partial charge in [0.25, 0.3) is 0 Å². The average molecular weight is 318 g/mol. The number of nitrogens with one attached hydrogen (secondary N) is 1. The van der Waals surface area contributed by atoms with Gasteiger partial charge in [-0.1, -0.05) is 33.6 Å². The highest BCUT2D eigenvalue weighted by Gasteiger charge is 2.25. The van der Waals surface area contributed by atoms with E-state index in [2.05, 4.69) is 26.1 Å². The summed E-state index contributed by atoms with van der Waals surface area (Å²) < 4.78 is 0.968. The number of carbonyl (C=O) groups excluding carboxylic acids is 1. The van der Waals surface area contributed by atoms with Gasteiger partial charge in [-0.15, -0.1) is 0 Å². The van der Waals surface area contributed by atoms with Crippen LogP contribution in [0.3, 0.4) is 0 Å². The van der Waals surface area contributed by atoms with Crippen molar-refractivity contribution in [2.24, 2.45) is 0 Å². The molecule has 1 aliphatic rings. The van der Waals surface area contributed by atoms with Crippen LogP contribution < -0.4 is 5.32 Å². The Hall–Kier alpha value is -0.580. The lowest BCUT2D eigenvalue weighted by molar-refractivity contribution is -0.128. The Labute approximate surface area is 114 Å². The number of halogens is 2. The molecule has 1 aromatic rings. The molecule has 0 bridgehead atoms. The average Bonchev–Trinajstić information content (AvgIpc) is 2.28. The zero-order chi connectivity index (χ0) is 12.4. The van der Waals surface area contributed by atoms with Crippen molar-refractivity contribution in [1.82, 2.24) is 10.2 Å². The second-order valence-electron chi connectivity index (χ2n) is 4.17. The molecular weight excluding hydrogens is 304 g/mol. The second kappa shape index (κ2) is 5.38. The summed E-state index contributed by atoms with van der Waals surface area (Å²) in [4.78, 5) is 13.7. The predicted molar refractivity (Wildman–Crippen MR) is 72.0 cm³/mol. The Morgan fingerprint density at radius 1 is 1.59 bits per heavy atom. The molecule has 1 fully saturated rings. The minimum Gasteiger partial charge on any atom is -0.353 e. The maximum atomic E-state index is 11.5. The molecule has 1 heterocycles. The Balaban J connectivity index is 2.12. The Bertz CT molecular complexity index is 439. The van der Waals surface area contributed by atoms with E-state index in [1.165, 1.54) is 0 Å². The lowest BCUT2D eigenvalue weighted by Crippen LogP contribution is -2.53. The van der Waals surface area contributed by atoms with E-state index in [4.69, 9.17) is 11.6 Å². The van der Waals surface area contributed by atoms with Crippen molar-refractivity contribution in [2.75, 3.05) is 13.1 Å². The first-order valence-electron chi connectivity index (χ1n) is 5.53. The van der Waals surface area contributed by atoms with Gasteiger partial charge in [0.2, 0.25) is 5.91 Å². The van der Waals surface area contributed by atoms with E-state index in [-0.39, 0.29) is 11.9 Å². The summed E-state index contributed by atoms with van der Waals surface area (Å²) in [5.41, 5.74) is 1.05. The van der Waals surface area contributed by atoms with Crippen LogP contribution in [0.25, 0.3) is 0 Å². The van der Waals surface area contributed by atoms with Crippen LogP contribution >= 0.6 is 27.5 Å². The minimum atomic E-state index is -0.0940. The Kier molecular flexibility index (Phi) is 4.07. The van der Waals surface area contributed by atoms with Gasteiger partial charge in [-0.3, -0.25) is 9.69 Å². The molecule has 0 saturated carbocycles. The summed E-state index contributed by atoms with van der Waals surface area (Å²) in [6.45, 7) is 4.19. The third-order valence-electron chi connectivity index (χ3n) is 3.01. The topological polar surface area (TPSA) is 32.3 Å². The number of hydrogen-bond acceptors (Lipinski definition) is 2. The van der Waals surface area contributed by atoms with Crippen LogP contribution in [0.2, 0.25) is 5.02 Å². The fourth-order valence-corrected chi connectivity index (χ4v) is 2.65. The summed E-state index contributed by atoms with van der Waals surface area (Å²) in [5, 5.41) is 3.58. The summed E-state index contributed by atoms with van der Waals surface area (Å²) in [6, 6.07) is 5.75. The molecule has 0 aromatic heterocycles. The van der Waals surface area contributed by atoms with E-state index < -0.39 is 0 Å². The first-order valence-corrected chi connectivity index (χ1v) is 6.70. The third-order valence-corrected chi connectivity index (χ3v) is 3.86. The molecule has 1 aliphatic heterocycles. The van der Waals surface area contributed by atoms with Gasteiger partial charge in [-0.05, 0) is 24.6 Å². The molecular formula is C12H14BrClN2O. The minimum absolute atomic E-state index is 0.0875. The number of nitrogens with zero attached hydrogens (tertiary/aromatic N) is 1. The van der Waals surface area contributed by atoms with Gasteiger partial charge in [0, 0.05) is 29.1 Å². The molecule has 1 N–H and O–H groups in total. The molecule has 0 radical (unpaired) electrons. The second-order valence-corrected chi connectivity index (χ2v) is 5.50. The zero-order valence-electron chi connectivity index (χ0n) is 9.54. The molecule has 1 saturated heterocycles. The zero-order valence-corrected chi connectivity index (χ0v) is 11.9. The van der Waals surface area contributed by atoms with E-state index >= 15 is 0 Å². The molecule has 17 heavy (non-hydrogen) atoms. The van der Waals surface area contributed by atoms with Crippen molar-refractivity contribution in [3.05, 3.63) is 33.3 Å². The Morgan fingerprint density at radius 3 is 3.06 bits per heavy atom. The SMILES string of the molecule is CC1C(=O)NCCN1Cc1ccc(Br)cc1Cl. The molecule has 1 aromatic carbocycles. The van der Waals surface area contributed by atoms with Crippen LogP contribution in [-0.4, -0.2) is 29.9 Å². The fraction of sp³-hybridized carbons (Fsp3) is 0.417. The molecule has 0 aliphatic carbocycles. The van der Waals surface area contributed by atoms with Crippen LogP contribution in [0.1, 0.15) is 12.5 Å². The van der Waals surface area contributed by atoms with E-state index in [0.29, 0.717) is 13.1 Å². The highest BCUT2D eigenvalue weighted by atomic mass is 79.9. The van der Waals surface area contributed by atoms with Crippen LogP contribution in [-0.2, 0) is 11.3 Å². The quantitative estimate of drug-likeness (QED) is 0.908. The maximum absolute atomic E-state index is 11.5. The highest BCUT2D eigenvalue weighted by Crippen LogP contribution is 2.23. The van der Waals surface area contributed by atoms with Gasteiger partial charge in [-0.2, -0.15) is 0 Å². The number of rotatable bonds is 2. The largest absolute Gasteiger partial charge is 0.353 e. The number of amides is 1. The van der Waals surface area contributed by atoms with Gasteiger partial charge in [-0.25, -0.2) is 0 Å². The van der Waals surface area contributed by atoms with Crippen LogP contribution in [0.15, 0.2) is 22.7 Å². The van der Waals surface area contributed by atoms with Gasteiger partial charge in [0.1, 0.15) is 0 Å². The van der Waals surface area contributed by atoms with Crippen molar-refractivity contribution in [2.45, 2.75) is 19.5 Å². The standard InChI is InChI=1S/C12H14BrClN2O/c1-8-12(17)15-4-5-16(8)7-9-2-3-10(13)6-11(9)14/h2-3,6,8H,4-5,7H2,1H3,(H,15,17). The van der Waals surface area contributed by atoms with Crippen molar-refractivity contribution in [1.29, 1.82) is 0 Å². The smallest absolute Gasteiger partial charge is 0.237 e. The van der Waals surface area contributed by atoms with E-state index in [1.54, 1.807) is 0 Å². The number of hydrogen-bond donors (Lipinski definition) is 1. The van der Waals surface area contributed by atoms with E-state index in [0.717, 1.165) is 21.6 Å². The normalized spacial score (nSPS) is 21.4. The third kappa shape index (κ3) is 3.00. The van der Waals surface area contributed by atoms with E-state index in [1.807, 2.05) is 25.1 Å². The van der Waals surface area contributed by atoms with Crippen LogP contribution in [0.5, 0.6) is 0 Å². The predicted octanol–water partition coefficient (Wildman–Crippen LogP) is 2.42. The lowest BCUT2D eigenvalue weighted by atomic mass is 10.1. The molecule has 1 amide bonds. The molecule has 1 unspecified atom stereocenters. The van der Waals surface area contributed by atoms with Crippen LogP contribution in [0, 0.1) is 0 Å². The van der Waals surface area contributed by atoms with E-state index in [9.17, 15) is 4.79 Å². The first-order chi connectivity index (χ1) is 8.08. The van der Waals surface area contributed by atoms with Crippen molar-refractivity contribution in [3.63, 3.8) is 0 Å². The van der Waals surface area contributed by atoms with Gasteiger partial charge in [0.05, 0.1) is 6.04 Å². The molecule has 5 heteroatoms. The summed E-state index contributed by atoms with van der Waals surface area (Å²) in [6.07, 6.45) is 0. The van der Waals surface area contributed by atoms with Crippen molar-refractivity contribution >= 4 is 33.4 Å². The Morgan fingerprint density at radius 2 is 2.35 bits per heavy atom. The molecule has 92 valence electrons. The maximum Gasteiger partial charge on any atom is 0.237 e. The fourth-order valence-electron chi connectivity index (χ4n) is 1.91.